The highest BCUT2D eigenvalue weighted by Crippen LogP contribution is 2.10. The summed E-state index contributed by atoms with van der Waals surface area (Å²) in [5, 5.41) is 0. The van der Waals surface area contributed by atoms with Crippen molar-refractivity contribution in [3.8, 4) is 0 Å². The zero-order chi connectivity index (χ0) is 11.2. The van der Waals surface area contributed by atoms with Crippen LogP contribution in [0.4, 0.5) is 0 Å². The van der Waals surface area contributed by atoms with Crippen molar-refractivity contribution in [2.45, 2.75) is 32.3 Å². The van der Waals surface area contributed by atoms with Gasteiger partial charge in [0.05, 0.1) is 19.8 Å². The Balaban J connectivity index is 1.67. The summed E-state index contributed by atoms with van der Waals surface area (Å²) in [6, 6.07) is 8.87. The average Bonchev–Trinajstić information content (AvgIpc) is 3.11. The van der Waals surface area contributed by atoms with E-state index < -0.39 is 0 Å². The minimum atomic E-state index is 0.381. The molecular formula is C14H20O2. The second kappa shape index (κ2) is 6.02. The van der Waals surface area contributed by atoms with Crippen molar-refractivity contribution >= 4 is 0 Å². The van der Waals surface area contributed by atoms with Gasteiger partial charge in [-0.2, -0.15) is 0 Å². The lowest BCUT2D eigenvalue weighted by molar-refractivity contribution is 0.119. The van der Waals surface area contributed by atoms with Crippen molar-refractivity contribution in [3.63, 3.8) is 0 Å². The van der Waals surface area contributed by atoms with Crippen molar-refractivity contribution < 1.29 is 9.47 Å². The first kappa shape index (κ1) is 11.6. The molecule has 0 radical (unpaired) electrons. The minimum absolute atomic E-state index is 0.381. The van der Waals surface area contributed by atoms with Crippen LogP contribution in [0.5, 0.6) is 0 Å². The van der Waals surface area contributed by atoms with Gasteiger partial charge in [-0.3, -0.25) is 0 Å². The van der Waals surface area contributed by atoms with E-state index >= 15 is 0 Å². The zero-order valence-electron chi connectivity index (χ0n) is 9.95. The molecule has 2 rings (SSSR count). The highest BCUT2D eigenvalue weighted by Gasteiger charge is 2.21. The largest absolute Gasteiger partial charge is 0.378 e. The molecule has 88 valence electrons. The summed E-state index contributed by atoms with van der Waals surface area (Å²) < 4.78 is 10.6. The number of aryl methyl sites for hydroxylation is 1. The first-order valence-electron chi connectivity index (χ1n) is 6.15. The Labute approximate surface area is 97.6 Å². The topological polar surface area (TPSA) is 21.8 Å². The minimum Gasteiger partial charge on any atom is -0.378 e. The van der Waals surface area contributed by atoms with Crippen LogP contribution in [-0.4, -0.2) is 25.9 Å². The van der Waals surface area contributed by atoms with E-state index in [1.54, 1.807) is 0 Å². The van der Waals surface area contributed by atoms with E-state index in [9.17, 15) is 0 Å². The van der Waals surface area contributed by atoms with Gasteiger partial charge in [-0.05, 0) is 24.0 Å². The second-order valence-corrected chi connectivity index (χ2v) is 4.35. The smallest absolute Gasteiger partial charge is 0.104 e. The van der Waals surface area contributed by atoms with Crippen molar-refractivity contribution in [3.05, 3.63) is 35.4 Å². The normalized spacial score (nSPS) is 18.7. The molecule has 0 amide bonds. The van der Waals surface area contributed by atoms with E-state index in [2.05, 4.69) is 31.2 Å². The molecule has 16 heavy (non-hydrogen) atoms. The maximum Gasteiger partial charge on any atom is 0.104 e. The fraction of sp³-hybridized carbons (Fsp3) is 0.571. The fourth-order valence-corrected chi connectivity index (χ4v) is 1.73. The number of benzene rings is 1. The number of ether oxygens (including phenoxy) is 2. The predicted molar refractivity (Wildman–Crippen MR) is 64.7 cm³/mol. The highest BCUT2D eigenvalue weighted by molar-refractivity contribution is 5.22. The molecule has 0 N–H and O–H groups in total. The summed E-state index contributed by atoms with van der Waals surface area (Å²) in [5.74, 6) is 0. The first-order valence-corrected chi connectivity index (χ1v) is 6.15. The van der Waals surface area contributed by atoms with Gasteiger partial charge in [0.2, 0.25) is 0 Å². The van der Waals surface area contributed by atoms with Crippen molar-refractivity contribution in [2.24, 2.45) is 0 Å². The molecule has 1 atom stereocenters. The van der Waals surface area contributed by atoms with Crippen LogP contribution in [0.2, 0.25) is 0 Å². The molecule has 0 saturated carbocycles. The molecule has 1 aliphatic heterocycles. The number of hydrogen-bond donors (Lipinski definition) is 0. The summed E-state index contributed by atoms with van der Waals surface area (Å²) in [5.41, 5.74) is 2.79. The van der Waals surface area contributed by atoms with E-state index in [1.807, 2.05) is 0 Å². The monoisotopic (exact) mass is 220 g/mol. The standard InChI is InChI=1S/C14H20O2/c1-2-3-12-4-6-13(7-5-12)8-9-15-10-14-11-16-14/h4-7,14H,2-3,8-11H2,1H3. The fourth-order valence-electron chi connectivity index (χ4n) is 1.73. The SMILES string of the molecule is CCCc1ccc(CCOCC2CO2)cc1. The molecular weight excluding hydrogens is 200 g/mol. The van der Waals surface area contributed by atoms with Crippen LogP contribution < -0.4 is 0 Å². The Hall–Kier alpha value is -0.860. The van der Waals surface area contributed by atoms with Gasteiger partial charge in [-0.25, -0.2) is 0 Å². The van der Waals surface area contributed by atoms with Crippen molar-refractivity contribution in [2.75, 3.05) is 19.8 Å². The second-order valence-electron chi connectivity index (χ2n) is 4.35. The van der Waals surface area contributed by atoms with Crippen LogP contribution in [-0.2, 0) is 22.3 Å². The first-order chi connectivity index (χ1) is 7.88. The van der Waals surface area contributed by atoms with Gasteiger partial charge in [0.1, 0.15) is 6.10 Å². The van der Waals surface area contributed by atoms with Gasteiger partial charge in [-0.1, -0.05) is 37.6 Å². The Kier molecular flexibility index (Phi) is 4.37. The quantitative estimate of drug-likeness (QED) is 0.520. The van der Waals surface area contributed by atoms with Crippen molar-refractivity contribution in [1.29, 1.82) is 0 Å². The molecule has 0 bridgehead atoms. The van der Waals surface area contributed by atoms with Crippen LogP contribution in [0.15, 0.2) is 24.3 Å². The lowest BCUT2D eigenvalue weighted by Gasteiger charge is -2.04. The molecule has 0 aromatic heterocycles. The molecule has 1 heterocycles. The Bertz CT molecular complexity index is 301. The molecule has 0 aliphatic carbocycles. The summed E-state index contributed by atoms with van der Waals surface area (Å²) >= 11 is 0. The Morgan fingerprint density at radius 3 is 2.38 bits per heavy atom. The molecule has 1 saturated heterocycles. The van der Waals surface area contributed by atoms with Gasteiger partial charge in [0.15, 0.2) is 0 Å². The molecule has 1 fully saturated rings. The summed E-state index contributed by atoms with van der Waals surface area (Å²) in [7, 11) is 0. The van der Waals surface area contributed by atoms with Gasteiger partial charge >= 0.3 is 0 Å². The number of hydrogen-bond acceptors (Lipinski definition) is 2. The summed E-state index contributed by atoms with van der Waals surface area (Å²) in [4.78, 5) is 0. The third kappa shape index (κ3) is 3.95. The van der Waals surface area contributed by atoms with Gasteiger partial charge in [0, 0.05) is 0 Å². The van der Waals surface area contributed by atoms with Crippen LogP contribution in [0.1, 0.15) is 24.5 Å². The maximum absolute atomic E-state index is 5.51. The zero-order valence-corrected chi connectivity index (χ0v) is 9.95. The van der Waals surface area contributed by atoms with E-state index in [1.165, 1.54) is 24.0 Å². The molecule has 1 unspecified atom stereocenters. The van der Waals surface area contributed by atoms with E-state index in [-0.39, 0.29) is 0 Å². The third-order valence-corrected chi connectivity index (χ3v) is 2.80. The van der Waals surface area contributed by atoms with Gasteiger partial charge in [-0.15, -0.1) is 0 Å². The molecule has 0 spiro atoms. The van der Waals surface area contributed by atoms with Crippen LogP contribution in [0.25, 0.3) is 0 Å². The van der Waals surface area contributed by atoms with E-state index in [4.69, 9.17) is 9.47 Å². The van der Waals surface area contributed by atoms with E-state index in [0.29, 0.717) is 6.10 Å². The van der Waals surface area contributed by atoms with E-state index in [0.717, 1.165) is 26.2 Å². The average molecular weight is 220 g/mol. The van der Waals surface area contributed by atoms with Crippen LogP contribution in [0.3, 0.4) is 0 Å². The highest BCUT2D eigenvalue weighted by atomic mass is 16.6. The Morgan fingerprint density at radius 2 is 1.81 bits per heavy atom. The molecule has 1 aromatic rings. The summed E-state index contributed by atoms with van der Waals surface area (Å²) in [6.07, 6.45) is 3.77. The third-order valence-electron chi connectivity index (χ3n) is 2.80. The van der Waals surface area contributed by atoms with Crippen molar-refractivity contribution in [1.82, 2.24) is 0 Å². The predicted octanol–water partition coefficient (Wildman–Crippen LogP) is 2.60. The van der Waals surface area contributed by atoms with Crippen LogP contribution in [0, 0.1) is 0 Å². The number of rotatable bonds is 7. The molecule has 2 heteroatoms. The molecule has 1 aromatic carbocycles. The molecule has 1 aliphatic rings. The number of epoxide rings is 1. The van der Waals surface area contributed by atoms with Gasteiger partial charge < -0.3 is 9.47 Å². The summed E-state index contributed by atoms with van der Waals surface area (Å²) in [6.45, 7) is 4.65. The van der Waals surface area contributed by atoms with Crippen LogP contribution >= 0.6 is 0 Å². The lowest BCUT2D eigenvalue weighted by Crippen LogP contribution is -2.04. The molecule has 2 nitrogen and oxygen atoms in total. The van der Waals surface area contributed by atoms with Gasteiger partial charge in [0.25, 0.3) is 0 Å². The lowest BCUT2D eigenvalue weighted by atomic mass is 10.1. The maximum atomic E-state index is 5.51. The Morgan fingerprint density at radius 1 is 1.19 bits per heavy atom.